The van der Waals surface area contributed by atoms with Crippen LogP contribution in [0.25, 0.3) is 21.7 Å². The van der Waals surface area contributed by atoms with Gasteiger partial charge in [0.05, 0.1) is 16.1 Å². The Morgan fingerprint density at radius 3 is 2.72 bits per heavy atom. The molecule has 0 aliphatic carbocycles. The number of H-pyrrole nitrogens is 1. The number of nitrogens with one attached hydrogen (secondary N) is 1. The predicted octanol–water partition coefficient (Wildman–Crippen LogP) is 2.86. The Bertz CT molecular complexity index is 747. The third kappa shape index (κ3) is 1.55. The lowest BCUT2D eigenvalue weighted by Gasteiger charge is -1.91. The van der Waals surface area contributed by atoms with E-state index in [9.17, 15) is 8.78 Å². The molecule has 7 heteroatoms. The number of hydrogen-bond donors (Lipinski definition) is 2. The highest BCUT2D eigenvalue weighted by Gasteiger charge is 2.16. The average Bonchev–Trinajstić information content (AvgIpc) is 2.87. The normalized spacial score (nSPS) is 11.3. The van der Waals surface area contributed by atoms with Crippen molar-refractivity contribution in [2.45, 2.75) is 6.92 Å². The van der Waals surface area contributed by atoms with Crippen LogP contribution in [0.15, 0.2) is 12.1 Å². The van der Waals surface area contributed by atoms with Gasteiger partial charge >= 0.3 is 0 Å². The summed E-state index contributed by atoms with van der Waals surface area (Å²) in [4.78, 5) is 11.8. The lowest BCUT2D eigenvalue weighted by Crippen LogP contribution is -1.84. The molecule has 0 atom stereocenters. The zero-order valence-corrected chi connectivity index (χ0v) is 10.1. The maximum absolute atomic E-state index is 13.5. The summed E-state index contributed by atoms with van der Waals surface area (Å²) >= 11 is 1.25. The van der Waals surface area contributed by atoms with Gasteiger partial charge < -0.3 is 10.7 Å². The fourth-order valence-electron chi connectivity index (χ4n) is 1.76. The maximum Gasteiger partial charge on any atom is 0.186 e. The first-order valence-corrected chi connectivity index (χ1v) is 5.95. The van der Waals surface area contributed by atoms with E-state index >= 15 is 0 Å². The highest BCUT2D eigenvalue weighted by molar-refractivity contribution is 7.18. The smallest absolute Gasteiger partial charge is 0.186 e. The number of imidazole rings is 1. The summed E-state index contributed by atoms with van der Waals surface area (Å²) in [5, 5.41) is 0.412. The first kappa shape index (κ1) is 11.1. The van der Waals surface area contributed by atoms with Crippen LogP contribution in [0.4, 0.5) is 13.9 Å². The fraction of sp³-hybridized carbons (Fsp3) is 0.0909. The van der Waals surface area contributed by atoms with Gasteiger partial charge in [-0.05, 0) is 19.1 Å². The molecule has 0 bridgehead atoms. The van der Waals surface area contributed by atoms with Gasteiger partial charge in [0.25, 0.3) is 0 Å². The molecule has 0 saturated heterocycles. The van der Waals surface area contributed by atoms with Crippen molar-refractivity contribution < 1.29 is 8.78 Å². The third-order valence-corrected chi connectivity index (χ3v) is 3.57. The van der Waals surface area contributed by atoms with E-state index in [4.69, 9.17) is 5.73 Å². The zero-order valence-electron chi connectivity index (χ0n) is 9.29. The summed E-state index contributed by atoms with van der Waals surface area (Å²) in [6.45, 7) is 1.78. The van der Waals surface area contributed by atoms with E-state index in [1.165, 1.54) is 17.4 Å². The van der Waals surface area contributed by atoms with Crippen molar-refractivity contribution in [1.82, 2.24) is 15.0 Å². The summed E-state index contributed by atoms with van der Waals surface area (Å²) in [6, 6.07) is 2.51. The van der Waals surface area contributed by atoms with Gasteiger partial charge in [0, 0.05) is 0 Å². The summed E-state index contributed by atoms with van der Waals surface area (Å²) < 4.78 is 26.6. The molecule has 92 valence electrons. The third-order valence-electron chi connectivity index (χ3n) is 2.57. The van der Waals surface area contributed by atoms with E-state index in [0.717, 1.165) is 10.9 Å². The van der Waals surface area contributed by atoms with Crippen LogP contribution in [0.3, 0.4) is 0 Å². The molecule has 0 amide bonds. The Balaban J connectivity index is 2.26. The summed E-state index contributed by atoms with van der Waals surface area (Å²) in [5.41, 5.74) is 6.73. The van der Waals surface area contributed by atoms with E-state index in [2.05, 4.69) is 15.0 Å². The molecule has 0 fully saturated rings. The average molecular weight is 266 g/mol. The number of nitrogens with zero attached hydrogens (tertiary/aromatic N) is 2. The van der Waals surface area contributed by atoms with E-state index in [1.807, 2.05) is 0 Å². The van der Waals surface area contributed by atoms with E-state index in [1.54, 1.807) is 6.92 Å². The quantitative estimate of drug-likeness (QED) is 0.711. The van der Waals surface area contributed by atoms with Crippen LogP contribution in [-0.4, -0.2) is 15.0 Å². The Hall–Kier alpha value is -2.02. The number of aromatic nitrogens is 3. The molecule has 18 heavy (non-hydrogen) atoms. The Morgan fingerprint density at radius 1 is 1.28 bits per heavy atom. The number of aryl methyl sites for hydroxylation is 1. The van der Waals surface area contributed by atoms with Crippen LogP contribution in [0.2, 0.25) is 0 Å². The standard InChI is InChI=1S/C11H8F2N4S/c1-4-9(18-11(14)15-4)10-16-6-3-2-5(12)7(13)8(6)17-10/h2-3H,1H3,(H2,14,15)(H,16,17). The molecule has 0 aliphatic rings. The van der Waals surface area contributed by atoms with Crippen LogP contribution < -0.4 is 5.73 Å². The number of hydrogen-bond acceptors (Lipinski definition) is 4. The molecule has 2 heterocycles. The lowest BCUT2D eigenvalue weighted by molar-refractivity contribution is 0.515. The van der Waals surface area contributed by atoms with Crippen LogP contribution in [0.5, 0.6) is 0 Å². The molecule has 3 N–H and O–H groups in total. The van der Waals surface area contributed by atoms with Gasteiger partial charge in [-0.1, -0.05) is 11.3 Å². The number of aromatic amines is 1. The molecular formula is C11H8F2N4S. The summed E-state index contributed by atoms with van der Waals surface area (Å²) in [5.74, 6) is -1.42. The Morgan fingerprint density at radius 2 is 2.06 bits per heavy atom. The van der Waals surface area contributed by atoms with Crippen molar-refractivity contribution in [2.24, 2.45) is 0 Å². The van der Waals surface area contributed by atoms with E-state index in [0.29, 0.717) is 22.2 Å². The second-order valence-corrected chi connectivity index (χ2v) is 4.84. The number of fused-ring (bicyclic) bond motifs is 1. The lowest BCUT2D eigenvalue weighted by atomic mass is 10.3. The van der Waals surface area contributed by atoms with Gasteiger partial charge in [-0.2, -0.15) is 0 Å². The number of nitrogens with two attached hydrogens (primary N) is 1. The van der Waals surface area contributed by atoms with Crippen molar-refractivity contribution in [3.63, 3.8) is 0 Å². The molecule has 0 radical (unpaired) electrons. The van der Waals surface area contributed by atoms with Crippen LogP contribution >= 0.6 is 11.3 Å². The van der Waals surface area contributed by atoms with E-state index in [-0.39, 0.29) is 5.52 Å². The minimum absolute atomic E-state index is 0.0172. The van der Waals surface area contributed by atoms with Crippen molar-refractivity contribution >= 4 is 27.5 Å². The minimum atomic E-state index is -0.954. The molecule has 0 unspecified atom stereocenters. The SMILES string of the molecule is Cc1nc(N)sc1-c1nc2c(F)c(F)ccc2[nH]1. The molecule has 3 rings (SSSR count). The van der Waals surface area contributed by atoms with Crippen molar-refractivity contribution in [3.05, 3.63) is 29.5 Å². The van der Waals surface area contributed by atoms with Gasteiger partial charge in [-0.3, -0.25) is 0 Å². The fourth-order valence-corrected chi connectivity index (χ4v) is 2.54. The highest BCUT2D eigenvalue weighted by atomic mass is 32.1. The first-order chi connectivity index (χ1) is 8.56. The molecule has 0 saturated carbocycles. The molecule has 4 nitrogen and oxygen atoms in total. The van der Waals surface area contributed by atoms with Crippen molar-refractivity contribution in [2.75, 3.05) is 5.73 Å². The number of halogens is 2. The van der Waals surface area contributed by atoms with Crippen LogP contribution in [0.1, 0.15) is 5.69 Å². The van der Waals surface area contributed by atoms with Gasteiger partial charge in [-0.25, -0.2) is 18.7 Å². The second-order valence-electron chi connectivity index (χ2n) is 3.81. The highest BCUT2D eigenvalue weighted by Crippen LogP contribution is 2.31. The molecule has 0 aliphatic heterocycles. The molecule has 0 spiro atoms. The first-order valence-electron chi connectivity index (χ1n) is 5.13. The Kier molecular flexibility index (Phi) is 2.30. The second kappa shape index (κ2) is 3.74. The van der Waals surface area contributed by atoms with Gasteiger partial charge in [0.15, 0.2) is 22.6 Å². The minimum Gasteiger partial charge on any atom is -0.375 e. The predicted molar refractivity (Wildman–Crippen MR) is 66.3 cm³/mol. The van der Waals surface area contributed by atoms with Crippen molar-refractivity contribution in [1.29, 1.82) is 0 Å². The number of rotatable bonds is 1. The largest absolute Gasteiger partial charge is 0.375 e. The van der Waals surface area contributed by atoms with Gasteiger partial charge in [0.2, 0.25) is 0 Å². The maximum atomic E-state index is 13.5. The van der Waals surface area contributed by atoms with E-state index < -0.39 is 11.6 Å². The Labute approximate surface area is 104 Å². The van der Waals surface area contributed by atoms with Gasteiger partial charge in [-0.15, -0.1) is 0 Å². The number of anilines is 1. The van der Waals surface area contributed by atoms with Crippen molar-refractivity contribution in [3.8, 4) is 10.7 Å². The molecule has 3 aromatic rings. The molecule has 1 aromatic carbocycles. The molecular weight excluding hydrogens is 258 g/mol. The van der Waals surface area contributed by atoms with Gasteiger partial charge in [0.1, 0.15) is 5.52 Å². The monoisotopic (exact) mass is 266 g/mol. The van der Waals surface area contributed by atoms with Crippen LogP contribution in [-0.2, 0) is 0 Å². The number of thiazole rings is 1. The zero-order chi connectivity index (χ0) is 12.9. The van der Waals surface area contributed by atoms with Crippen LogP contribution in [0, 0.1) is 18.6 Å². The number of nitrogen functional groups attached to an aromatic ring is 1. The summed E-state index contributed by atoms with van der Waals surface area (Å²) in [6.07, 6.45) is 0. The molecule has 2 aromatic heterocycles. The topological polar surface area (TPSA) is 67.6 Å². The number of benzene rings is 1. The summed E-state index contributed by atoms with van der Waals surface area (Å²) in [7, 11) is 0.